The zero-order valence-corrected chi connectivity index (χ0v) is 20.3. The Labute approximate surface area is 208 Å². The molecule has 8 nitrogen and oxygen atoms in total. The highest BCUT2D eigenvalue weighted by molar-refractivity contribution is 6.04. The van der Waals surface area contributed by atoms with Crippen LogP contribution in [0.3, 0.4) is 0 Å². The van der Waals surface area contributed by atoms with Gasteiger partial charge in [-0.05, 0) is 67.3 Å². The first-order valence-corrected chi connectivity index (χ1v) is 11.5. The molecule has 1 heterocycles. The molecular weight excluding hydrogens is 458 g/mol. The second-order valence-corrected chi connectivity index (χ2v) is 9.41. The molecule has 0 aliphatic heterocycles. The first-order chi connectivity index (χ1) is 17.1. The third-order valence-corrected chi connectivity index (χ3v) is 6.02. The molecule has 0 radical (unpaired) electrons. The van der Waals surface area contributed by atoms with Gasteiger partial charge in [-0.15, -0.1) is 0 Å². The third-order valence-electron chi connectivity index (χ3n) is 6.02. The number of anilines is 1. The quantitative estimate of drug-likeness (QED) is 0.541. The Hall–Kier alpha value is -4.51. The van der Waals surface area contributed by atoms with Crippen molar-refractivity contribution in [3.8, 4) is 11.8 Å². The molecule has 1 amide bonds. The number of ketones is 1. The molecule has 0 fully saturated rings. The highest BCUT2D eigenvalue weighted by atomic mass is 16.5. The van der Waals surface area contributed by atoms with Crippen molar-refractivity contribution in [1.29, 1.82) is 5.26 Å². The summed E-state index contributed by atoms with van der Waals surface area (Å²) in [5, 5.41) is 11.8. The Balaban J connectivity index is 1.75. The number of nitriles is 1. The lowest BCUT2D eigenvalue weighted by molar-refractivity contribution is 0.0523. The minimum absolute atomic E-state index is 0.0947. The largest absolute Gasteiger partial charge is 0.462 e. The van der Waals surface area contributed by atoms with Crippen molar-refractivity contribution >= 4 is 23.3 Å². The van der Waals surface area contributed by atoms with Crippen LogP contribution in [0, 0.1) is 16.7 Å². The van der Waals surface area contributed by atoms with E-state index in [1.807, 2.05) is 19.9 Å². The molecule has 3 aromatic rings. The SMILES string of the molecule is CCOC(=O)c1cc2c(n(-c3ccc(C(=O)Nc4cccc(C#N)c4)cc3)c1=O)CC(C)(C)CC2=O. The van der Waals surface area contributed by atoms with Gasteiger partial charge < -0.3 is 10.1 Å². The summed E-state index contributed by atoms with van der Waals surface area (Å²) in [4.78, 5) is 51.6. The van der Waals surface area contributed by atoms with Crippen LogP contribution in [-0.2, 0) is 11.2 Å². The zero-order chi connectivity index (χ0) is 26.0. The van der Waals surface area contributed by atoms with Gasteiger partial charge in [0.25, 0.3) is 11.5 Å². The molecule has 1 N–H and O–H groups in total. The molecule has 8 heteroatoms. The molecule has 0 saturated heterocycles. The summed E-state index contributed by atoms with van der Waals surface area (Å²) in [5.41, 5.74) is 1.38. The number of Topliss-reactive ketones (excluding diaryl/α,β-unsaturated/α-hetero) is 1. The molecule has 0 saturated carbocycles. The number of carbonyl (C=O) groups excluding carboxylic acids is 3. The number of benzene rings is 2. The van der Waals surface area contributed by atoms with Gasteiger partial charge in [0, 0.05) is 34.6 Å². The van der Waals surface area contributed by atoms with Crippen LogP contribution in [0.25, 0.3) is 5.69 Å². The fraction of sp³-hybridized carbons (Fsp3) is 0.250. The topological polar surface area (TPSA) is 118 Å². The number of nitrogens with zero attached hydrogens (tertiary/aromatic N) is 2. The molecular formula is C28H25N3O5. The van der Waals surface area contributed by atoms with Crippen LogP contribution in [-0.4, -0.2) is 28.8 Å². The van der Waals surface area contributed by atoms with Gasteiger partial charge in [0.15, 0.2) is 5.78 Å². The van der Waals surface area contributed by atoms with Gasteiger partial charge in [-0.1, -0.05) is 19.9 Å². The molecule has 0 spiro atoms. The second kappa shape index (κ2) is 9.62. The highest BCUT2D eigenvalue weighted by Crippen LogP contribution is 2.35. The van der Waals surface area contributed by atoms with E-state index in [1.165, 1.54) is 10.6 Å². The van der Waals surface area contributed by atoms with Crippen LogP contribution in [0.2, 0.25) is 0 Å². The van der Waals surface area contributed by atoms with Gasteiger partial charge in [0.2, 0.25) is 0 Å². The van der Waals surface area contributed by atoms with Crippen molar-refractivity contribution in [2.24, 2.45) is 5.41 Å². The first kappa shape index (κ1) is 24.6. The van der Waals surface area contributed by atoms with Gasteiger partial charge in [-0.2, -0.15) is 5.26 Å². The van der Waals surface area contributed by atoms with E-state index < -0.39 is 11.5 Å². The Morgan fingerprint density at radius 3 is 2.47 bits per heavy atom. The number of aromatic nitrogens is 1. The summed E-state index contributed by atoms with van der Waals surface area (Å²) in [5.74, 6) is -1.31. The number of nitrogens with one attached hydrogen (secondary N) is 1. The van der Waals surface area contributed by atoms with Crippen LogP contribution < -0.4 is 10.9 Å². The van der Waals surface area contributed by atoms with Crippen molar-refractivity contribution in [1.82, 2.24) is 4.57 Å². The number of ether oxygens (including phenoxy) is 1. The number of amides is 1. The predicted molar refractivity (Wildman–Crippen MR) is 134 cm³/mol. The molecule has 36 heavy (non-hydrogen) atoms. The van der Waals surface area contributed by atoms with Crippen molar-refractivity contribution in [3.05, 3.63) is 92.9 Å². The summed E-state index contributed by atoms with van der Waals surface area (Å²) in [6.07, 6.45) is 0.760. The van der Waals surface area contributed by atoms with Crippen LogP contribution in [0.15, 0.2) is 59.4 Å². The standard InChI is InChI=1S/C28H25N3O5/c1-4-36-27(35)22-13-21-23(14-28(2,3)15-24(21)32)31(26(22)34)20-10-8-18(9-11-20)25(33)30-19-7-5-6-17(12-19)16-29/h5-13H,4,14-15H2,1-3H3,(H,30,33). The van der Waals surface area contributed by atoms with E-state index in [0.717, 1.165) is 0 Å². The lowest BCUT2D eigenvalue weighted by Gasteiger charge is -2.32. The summed E-state index contributed by atoms with van der Waals surface area (Å²) < 4.78 is 6.43. The van der Waals surface area contributed by atoms with Crippen molar-refractivity contribution in [2.45, 2.75) is 33.6 Å². The Morgan fingerprint density at radius 1 is 1.08 bits per heavy atom. The van der Waals surface area contributed by atoms with Crippen LogP contribution in [0.4, 0.5) is 5.69 Å². The average molecular weight is 484 g/mol. The lowest BCUT2D eigenvalue weighted by Crippen LogP contribution is -2.36. The van der Waals surface area contributed by atoms with Crippen molar-refractivity contribution < 1.29 is 19.1 Å². The van der Waals surface area contributed by atoms with E-state index in [0.29, 0.717) is 46.6 Å². The molecule has 0 unspecified atom stereocenters. The predicted octanol–water partition coefficient (Wildman–Crippen LogP) is 4.29. The number of carbonyl (C=O) groups is 3. The number of hydrogen-bond acceptors (Lipinski definition) is 6. The highest BCUT2D eigenvalue weighted by Gasteiger charge is 2.35. The number of rotatable bonds is 5. The maximum Gasteiger partial charge on any atom is 0.343 e. The van der Waals surface area contributed by atoms with E-state index in [9.17, 15) is 19.2 Å². The maximum absolute atomic E-state index is 13.4. The molecule has 2 aromatic carbocycles. The monoisotopic (exact) mass is 483 g/mol. The maximum atomic E-state index is 13.4. The minimum atomic E-state index is -0.785. The molecule has 0 atom stereocenters. The zero-order valence-electron chi connectivity index (χ0n) is 20.3. The van der Waals surface area contributed by atoms with Crippen LogP contribution in [0.1, 0.15) is 69.5 Å². The number of esters is 1. The van der Waals surface area contributed by atoms with Gasteiger partial charge in [-0.3, -0.25) is 19.0 Å². The summed E-state index contributed by atoms with van der Waals surface area (Å²) >= 11 is 0. The molecule has 182 valence electrons. The van der Waals surface area contributed by atoms with Crippen molar-refractivity contribution in [2.75, 3.05) is 11.9 Å². The second-order valence-electron chi connectivity index (χ2n) is 9.41. The number of pyridine rings is 1. The summed E-state index contributed by atoms with van der Waals surface area (Å²) in [6, 6.07) is 16.3. The fourth-order valence-corrected chi connectivity index (χ4v) is 4.37. The first-order valence-electron chi connectivity index (χ1n) is 11.5. The van der Waals surface area contributed by atoms with E-state index in [2.05, 4.69) is 5.32 Å². The van der Waals surface area contributed by atoms with Gasteiger partial charge in [-0.25, -0.2) is 4.79 Å². The Bertz CT molecular complexity index is 1480. The van der Waals surface area contributed by atoms with E-state index in [1.54, 1.807) is 55.5 Å². The van der Waals surface area contributed by atoms with E-state index >= 15 is 0 Å². The number of fused-ring (bicyclic) bond motifs is 1. The summed E-state index contributed by atoms with van der Waals surface area (Å²) in [6.45, 7) is 5.65. The van der Waals surface area contributed by atoms with Crippen LogP contribution >= 0.6 is 0 Å². The number of hydrogen-bond donors (Lipinski definition) is 1. The smallest absolute Gasteiger partial charge is 0.343 e. The Kier molecular flexibility index (Phi) is 6.58. The van der Waals surface area contributed by atoms with E-state index in [4.69, 9.17) is 10.00 Å². The Morgan fingerprint density at radius 2 is 1.81 bits per heavy atom. The average Bonchev–Trinajstić information content (AvgIpc) is 2.83. The third kappa shape index (κ3) is 4.82. The van der Waals surface area contributed by atoms with E-state index in [-0.39, 0.29) is 29.3 Å². The molecule has 1 aliphatic rings. The molecule has 4 rings (SSSR count). The van der Waals surface area contributed by atoms with Gasteiger partial charge in [0.05, 0.1) is 18.2 Å². The minimum Gasteiger partial charge on any atom is -0.462 e. The lowest BCUT2D eigenvalue weighted by atomic mass is 9.75. The van der Waals surface area contributed by atoms with Gasteiger partial charge in [0.1, 0.15) is 5.56 Å². The molecule has 0 bridgehead atoms. The molecule has 1 aliphatic carbocycles. The molecule has 1 aromatic heterocycles. The summed E-state index contributed by atoms with van der Waals surface area (Å²) in [7, 11) is 0. The fourth-order valence-electron chi connectivity index (χ4n) is 4.37. The van der Waals surface area contributed by atoms with Crippen LogP contribution in [0.5, 0.6) is 0 Å². The van der Waals surface area contributed by atoms with Gasteiger partial charge >= 0.3 is 5.97 Å². The van der Waals surface area contributed by atoms with Crippen molar-refractivity contribution in [3.63, 3.8) is 0 Å². The normalized spacial score (nSPS) is 13.9.